The molecule has 1 aliphatic carbocycles. The van der Waals surface area contributed by atoms with Gasteiger partial charge in [-0.1, -0.05) is 19.8 Å². The fourth-order valence-corrected chi connectivity index (χ4v) is 3.56. The van der Waals surface area contributed by atoms with Crippen molar-refractivity contribution < 1.29 is 0 Å². The zero-order valence-electron chi connectivity index (χ0n) is 15.8. The highest BCUT2D eigenvalue weighted by atomic mass is 15.3. The highest BCUT2D eigenvalue weighted by Gasteiger charge is 2.36. The van der Waals surface area contributed by atoms with E-state index in [0.29, 0.717) is 6.54 Å². The van der Waals surface area contributed by atoms with Crippen LogP contribution < -0.4 is 10.6 Å². The molecule has 7 nitrogen and oxygen atoms in total. The number of rotatable bonds is 6. The number of aromatic nitrogens is 3. The number of likely N-dealkylation sites (N-methyl/N-ethyl adjacent to an activating group) is 1. The molecule has 2 rings (SSSR count). The molecule has 0 saturated heterocycles. The van der Waals surface area contributed by atoms with Gasteiger partial charge in [0.1, 0.15) is 18.7 Å². The second-order valence-electron chi connectivity index (χ2n) is 7.17. The van der Waals surface area contributed by atoms with Gasteiger partial charge in [0.15, 0.2) is 5.96 Å². The van der Waals surface area contributed by atoms with Gasteiger partial charge in [0.2, 0.25) is 0 Å². The molecule has 0 radical (unpaired) electrons. The molecule has 2 unspecified atom stereocenters. The van der Waals surface area contributed by atoms with Crippen LogP contribution in [0.5, 0.6) is 0 Å². The molecular formula is C17H33N7. The molecule has 1 aromatic rings. The Bertz CT molecular complexity index is 537. The first-order valence-corrected chi connectivity index (χ1v) is 8.99. The maximum absolute atomic E-state index is 4.66. The first-order chi connectivity index (χ1) is 11.5. The lowest BCUT2D eigenvalue weighted by Crippen LogP contribution is -2.56. The van der Waals surface area contributed by atoms with Crippen LogP contribution in [0.15, 0.2) is 11.3 Å². The Balaban J connectivity index is 2.02. The van der Waals surface area contributed by atoms with Crippen molar-refractivity contribution in [3.05, 3.63) is 12.2 Å². The van der Waals surface area contributed by atoms with Crippen molar-refractivity contribution in [2.75, 3.05) is 27.2 Å². The summed E-state index contributed by atoms with van der Waals surface area (Å²) in [6, 6.07) is 0. The molecule has 1 heterocycles. The van der Waals surface area contributed by atoms with Crippen LogP contribution in [0.4, 0.5) is 0 Å². The minimum Gasteiger partial charge on any atom is -0.357 e. The van der Waals surface area contributed by atoms with Crippen molar-refractivity contribution in [3.8, 4) is 0 Å². The first-order valence-electron chi connectivity index (χ1n) is 8.99. The molecule has 136 valence electrons. The number of nitrogens with one attached hydrogen (secondary N) is 2. The van der Waals surface area contributed by atoms with E-state index in [1.165, 1.54) is 25.7 Å². The minimum absolute atomic E-state index is 0.207. The Morgan fingerprint density at radius 2 is 2.25 bits per heavy atom. The maximum atomic E-state index is 4.66. The molecule has 24 heavy (non-hydrogen) atoms. The van der Waals surface area contributed by atoms with E-state index >= 15 is 0 Å². The predicted octanol–water partition coefficient (Wildman–Crippen LogP) is 1.38. The Morgan fingerprint density at radius 3 is 2.83 bits per heavy atom. The molecule has 0 aromatic carbocycles. The summed E-state index contributed by atoms with van der Waals surface area (Å²) in [6.07, 6.45) is 6.68. The molecule has 0 spiro atoms. The van der Waals surface area contributed by atoms with Gasteiger partial charge < -0.3 is 15.5 Å². The number of hydrogen-bond acceptors (Lipinski definition) is 4. The van der Waals surface area contributed by atoms with Crippen molar-refractivity contribution in [2.45, 2.75) is 51.6 Å². The lowest BCUT2D eigenvalue weighted by atomic mass is 9.75. The number of guanidine groups is 1. The van der Waals surface area contributed by atoms with Gasteiger partial charge in [0.25, 0.3) is 0 Å². The van der Waals surface area contributed by atoms with E-state index < -0.39 is 0 Å². The molecule has 7 heteroatoms. The second kappa shape index (κ2) is 8.46. The summed E-state index contributed by atoms with van der Waals surface area (Å²) >= 11 is 0. The molecule has 0 amide bonds. The largest absolute Gasteiger partial charge is 0.357 e. The van der Waals surface area contributed by atoms with Crippen molar-refractivity contribution in [1.29, 1.82) is 0 Å². The number of hydrogen-bond donors (Lipinski definition) is 2. The van der Waals surface area contributed by atoms with Gasteiger partial charge in [-0.15, -0.1) is 0 Å². The smallest absolute Gasteiger partial charge is 0.191 e. The minimum atomic E-state index is 0.207. The second-order valence-corrected chi connectivity index (χ2v) is 7.17. The highest BCUT2D eigenvalue weighted by Crippen LogP contribution is 2.35. The van der Waals surface area contributed by atoms with E-state index in [4.69, 9.17) is 0 Å². The van der Waals surface area contributed by atoms with E-state index in [1.807, 2.05) is 7.05 Å². The van der Waals surface area contributed by atoms with Crippen LogP contribution >= 0.6 is 0 Å². The number of aryl methyl sites for hydroxylation is 1. The van der Waals surface area contributed by atoms with E-state index in [1.54, 1.807) is 11.0 Å². The van der Waals surface area contributed by atoms with E-state index in [9.17, 15) is 0 Å². The molecule has 1 aliphatic rings. The zero-order chi connectivity index (χ0) is 17.6. The highest BCUT2D eigenvalue weighted by molar-refractivity contribution is 5.79. The third-order valence-corrected chi connectivity index (χ3v) is 5.13. The summed E-state index contributed by atoms with van der Waals surface area (Å²) in [4.78, 5) is 11.3. The van der Waals surface area contributed by atoms with E-state index in [-0.39, 0.29) is 5.54 Å². The predicted molar refractivity (Wildman–Crippen MR) is 97.9 cm³/mol. The number of nitrogens with zero attached hydrogens (tertiary/aromatic N) is 5. The van der Waals surface area contributed by atoms with Gasteiger partial charge in [0.05, 0.1) is 0 Å². The zero-order valence-corrected chi connectivity index (χ0v) is 15.8. The Hall–Kier alpha value is -1.63. The van der Waals surface area contributed by atoms with Gasteiger partial charge in [0, 0.05) is 25.7 Å². The van der Waals surface area contributed by atoms with Crippen LogP contribution in [0.1, 0.15) is 45.4 Å². The van der Waals surface area contributed by atoms with Crippen molar-refractivity contribution in [3.63, 3.8) is 0 Å². The van der Waals surface area contributed by atoms with Crippen LogP contribution in [-0.4, -0.2) is 58.3 Å². The summed E-state index contributed by atoms with van der Waals surface area (Å²) in [5.74, 6) is 2.49. The van der Waals surface area contributed by atoms with E-state index in [0.717, 1.165) is 30.8 Å². The molecular weight excluding hydrogens is 302 g/mol. The SMILES string of the molecule is CCNC(=NCc1ncnn1C)NCC1(N(C)C)CCCC(C)C1. The quantitative estimate of drug-likeness (QED) is 0.607. The molecule has 0 bridgehead atoms. The summed E-state index contributed by atoms with van der Waals surface area (Å²) in [6.45, 7) is 6.73. The maximum Gasteiger partial charge on any atom is 0.191 e. The Morgan fingerprint density at radius 1 is 1.46 bits per heavy atom. The van der Waals surface area contributed by atoms with Gasteiger partial charge >= 0.3 is 0 Å². The van der Waals surface area contributed by atoms with Crippen LogP contribution in [-0.2, 0) is 13.6 Å². The van der Waals surface area contributed by atoms with Crippen LogP contribution in [0.25, 0.3) is 0 Å². The fourth-order valence-electron chi connectivity index (χ4n) is 3.56. The molecule has 2 atom stereocenters. The molecule has 0 aliphatic heterocycles. The lowest BCUT2D eigenvalue weighted by Gasteiger charge is -2.45. The van der Waals surface area contributed by atoms with Crippen molar-refractivity contribution >= 4 is 5.96 Å². The molecule has 1 aromatic heterocycles. The average molecular weight is 336 g/mol. The van der Waals surface area contributed by atoms with Gasteiger partial charge in [-0.05, 0) is 39.8 Å². The van der Waals surface area contributed by atoms with Crippen molar-refractivity contribution in [1.82, 2.24) is 30.3 Å². The third-order valence-electron chi connectivity index (χ3n) is 5.13. The van der Waals surface area contributed by atoms with Gasteiger partial charge in [-0.2, -0.15) is 5.10 Å². The average Bonchev–Trinajstić information content (AvgIpc) is 2.95. The monoisotopic (exact) mass is 335 g/mol. The van der Waals surface area contributed by atoms with Gasteiger partial charge in [-0.3, -0.25) is 4.68 Å². The first kappa shape index (κ1) is 18.7. The van der Waals surface area contributed by atoms with Crippen LogP contribution in [0.3, 0.4) is 0 Å². The normalized spacial score (nSPS) is 25.1. The van der Waals surface area contributed by atoms with Crippen LogP contribution in [0, 0.1) is 5.92 Å². The summed E-state index contributed by atoms with van der Waals surface area (Å²) in [5.41, 5.74) is 0.207. The molecule has 2 N–H and O–H groups in total. The fraction of sp³-hybridized carbons (Fsp3) is 0.824. The van der Waals surface area contributed by atoms with Gasteiger partial charge in [-0.25, -0.2) is 9.98 Å². The standard InChI is InChI=1S/C17H33N7/c1-6-18-16(19-11-15-21-13-22-24(15)5)20-12-17(23(3)4)9-7-8-14(2)10-17/h13-14H,6-12H2,1-5H3,(H2,18,19,20). The van der Waals surface area contributed by atoms with E-state index in [2.05, 4.69) is 58.6 Å². The third kappa shape index (κ3) is 4.69. The number of aliphatic imine (C=N–C) groups is 1. The molecule has 1 saturated carbocycles. The summed E-state index contributed by atoms with van der Waals surface area (Å²) in [5, 5.41) is 11.0. The molecule has 1 fully saturated rings. The van der Waals surface area contributed by atoms with Crippen molar-refractivity contribution in [2.24, 2.45) is 18.0 Å². The summed E-state index contributed by atoms with van der Waals surface area (Å²) < 4.78 is 1.76. The Labute approximate surface area is 145 Å². The Kier molecular flexibility index (Phi) is 6.60. The topological polar surface area (TPSA) is 70.4 Å². The lowest BCUT2D eigenvalue weighted by molar-refractivity contribution is 0.0795. The summed E-state index contributed by atoms with van der Waals surface area (Å²) in [7, 11) is 6.29. The van der Waals surface area contributed by atoms with Crippen LogP contribution in [0.2, 0.25) is 0 Å².